The highest BCUT2D eigenvalue weighted by Crippen LogP contribution is 2.44. The molecular weight excluding hydrogens is 758 g/mol. The lowest BCUT2D eigenvalue weighted by Gasteiger charge is -2.49. The topological polar surface area (TPSA) is 175 Å². The number of ether oxygens (including phenoxy) is 2. The molecule has 14 nitrogen and oxygen atoms in total. The summed E-state index contributed by atoms with van der Waals surface area (Å²) in [4.78, 5) is 81.1. The van der Waals surface area contributed by atoms with Crippen molar-refractivity contribution in [1.29, 1.82) is 0 Å². The van der Waals surface area contributed by atoms with Crippen molar-refractivity contribution in [1.82, 2.24) is 25.3 Å². The van der Waals surface area contributed by atoms with Crippen molar-refractivity contribution in [2.24, 2.45) is 0 Å². The molecule has 1 aromatic rings. The van der Waals surface area contributed by atoms with Crippen LogP contribution in [0.25, 0.3) is 0 Å². The van der Waals surface area contributed by atoms with Gasteiger partial charge in [0.1, 0.15) is 23.7 Å². The Balaban J connectivity index is 1.37. The van der Waals surface area contributed by atoms with Gasteiger partial charge in [-0.25, -0.2) is 9.59 Å². The van der Waals surface area contributed by atoms with Gasteiger partial charge in [-0.2, -0.15) is 0 Å². The van der Waals surface area contributed by atoms with E-state index in [2.05, 4.69) is 40.1 Å². The molecule has 0 aliphatic carbocycles. The number of alkyl halides is 1. The van der Waals surface area contributed by atoms with Gasteiger partial charge in [0.05, 0.1) is 30.6 Å². The molecule has 0 unspecified atom stereocenters. The quantitative estimate of drug-likeness (QED) is 0.0559. The van der Waals surface area contributed by atoms with Gasteiger partial charge in [-0.15, -0.1) is 11.8 Å². The van der Waals surface area contributed by atoms with Gasteiger partial charge < -0.3 is 35.0 Å². The fraction of sp³-hybridized carbons (Fsp3) is 0.500. The number of hydrogen-bond acceptors (Lipinski definition) is 10. The Morgan fingerprint density at radius 1 is 1.13 bits per heavy atom. The number of carbonyl (C=O) groups excluding carboxylic acids is 5. The van der Waals surface area contributed by atoms with E-state index in [1.54, 1.807) is 15.9 Å². The van der Waals surface area contributed by atoms with Crippen LogP contribution in [0.2, 0.25) is 0 Å². The number of carboxylic acids is 1. The smallest absolute Gasteiger partial charge is 0.409 e. The molecule has 5 rings (SSSR count). The highest BCUT2D eigenvalue weighted by molar-refractivity contribution is 9.09. The Kier molecular flexibility index (Phi) is 13.6. The third-order valence-corrected chi connectivity index (χ3v) is 11.2. The number of hydrogen-bond donors (Lipinski definition) is 3. The Morgan fingerprint density at radius 2 is 1.90 bits per heavy atom. The molecule has 16 heteroatoms. The van der Waals surface area contributed by atoms with Crippen molar-refractivity contribution in [3.63, 3.8) is 0 Å². The SMILES string of the molecule is C=CCOC(=O)CNCc1ccc([C@H]2C/C(=C\C3=C(C(=O)O)N4C(=O)[C@@H](NC(=O)CBr)[C@H]4SC3)C(=O)N2[C@H]2CCN(C(=O)OCCCCC)C2)cc1. The molecule has 4 aliphatic rings. The number of β-lactam (4-membered cyclic amide) rings is 1. The van der Waals surface area contributed by atoms with E-state index in [0.717, 1.165) is 30.4 Å². The molecule has 1 aromatic carbocycles. The number of rotatable bonds is 16. The van der Waals surface area contributed by atoms with E-state index in [4.69, 9.17) is 9.47 Å². The minimum Gasteiger partial charge on any atom is -0.477 e. The third kappa shape index (κ3) is 8.89. The maximum Gasteiger partial charge on any atom is 0.409 e. The first-order valence-corrected chi connectivity index (χ1v) is 19.5. The van der Waals surface area contributed by atoms with Gasteiger partial charge in [-0.05, 0) is 35.6 Å². The minimum atomic E-state index is -1.29. The van der Waals surface area contributed by atoms with E-state index in [9.17, 15) is 33.9 Å². The molecular formula is C36H44BrN5O9S. The highest BCUT2D eigenvalue weighted by atomic mass is 79.9. The number of aliphatic carboxylic acids is 1. The van der Waals surface area contributed by atoms with Crippen molar-refractivity contribution in [3.8, 4) is 0 Å². The molecule has 4 heterocycles. The van der Waals surface area contributed by atoms with Gasteiger partial charge in [0.2, 0.25) is 5.91 Å². The number of unbranched alkanes of at least 4 members (excludes halogenated alkanes) is 2. The Bertz CT molecular complexity index is 1630. The molecule has 0 radical (unpaired) electrons. The average Bonchev–Trinajstić information content (AvgIpc) is 3.75. The van der Waals surface area contributed by atoms with Gasteiger partial charge in [0.25, 0.3) is 11.8 Å². The number of carboxylic acid groups (broad SMARTS) is 1. The summed E-state index contributed by atoms with van der Waals surface area (Å²) < 4.78 is 10.5. The first-order valence-electron chi connectivity index (χ1n) is 17.3. The van der Waals surface area contributed by atoms with Gasteiger partial charge in [-0.3, -0.25) is 24.1 Å². The number of halogens is 1. The van der Waals surface area contributed by atoms with E-state index in [0.29, 0.717) is 43.8 Å². The number of benzene rings is 1. The minimum absolute atomic E-state index is 0.0122. The van der Waals surface area contributed by atoms with Crippen LogP contribution in [0, 0.1) is 0 Å². The zero-order valence-corrected chi connectivity index (χ0v) is 31.4. The highest BCUT2D eigenvalue weighted by Gasteiger charge is 2.54. The second kappa shape index (κ2) is 18.1. The van der Waals surface area contributed by atoms with Crippen molar-refractivity contribution in [2.45, 2.75) is 69.1 Å². The summed E-state index contributed by atoms with van der Waals surface area (Å²) in [6, 6.07) is 6.16. The second-order valence-electron chi connectivity index (χ2n) is 12.9. The lowest BCUT2D eigenvalue weighted by Crippen LogP contribution is -2.70. The van der Waals surface area contributed by atoms with Crippen molar-refractivity contribution >= 4 is 63.4 Å². The molecule has 0 bridgehead atoms. The number of carbonyl (C=O) groups is 6. The fourth-order valence-corrected chi connectivity index (χ4v) is 8.27. The van der Waals surface area contributed by atoms with Crippen molar-refractivity contribution in [2.75, 3.05) is 43.9 Å². The summed E-state index contributed by atoms with van der Waals surface area (Å²) in [6.45, 7) is 7.28. The lowest BCUT2D eigenvalue weighted by molar-refractivity contribution is -0.150. The first-order chi connectivity index (χ1) is 25.1. The molecule has 0 aromatic heterocycles. The molecule has 4 atom stereocenters. The van der Waals surface area contributed by atoms with Crippen LogP contribution < -0.4 is 10.6 Å². The number of nitrogens with zero attached hydrogens (tertiary/aromatic N) is 3. The van der Waals surface area contributed by atoms with Crippen LogP contribution in [-0.2, 0) is 40.0 Å². The monoisotopic (exact) mass is 801 g/mol. The number of amides is 4. The van der Waals surface area contributed by atoms with E-state index in [1.807, 2.05) is 24.3 Å². The van der Waals surface area contributed by atoms with E-state index < -0.39 is 35.4 Å². The number of likely N-dealkylation sites (tertiary alicyclic amines) is 2. The summed E-state index contributed by atoms with van der Waals surface area (Å²) in [5.41, 5.74) is 2.32. The molecule has 4 amide bonds. The standard InChI is InChI=1S/C36H44BrN5O9S/c1-3-5-6-14-51-36(49)40-12-11-26(20-40)41-27(23-9-7-22(8-10-23)18-38-19-29(44)50-13-4-2)16-24(32(41)45)15-25-21-52-34-30(39-28(43)17-37)33(46)42(34)31(25)35(47)48/h4,7-10,15,26-27,30,34,38H,2-3,5-6,11-14,16-21H2,1H3,(H,39,43)(H,47,48)/b24-15+/t26-,27+,30+,34+/m0/s1. The van der Waals surface area contributed by atoms with Crippen LogP contribution in [0.1, 0.15) is 56.2 Å². The van der Waals surface area contributed by atoms with Crippen LogP contribution in [0.15, 0.2) is 59.8 Å². The molecule has 0 spiro atoms. The van der Waals surface area contributed by atoms with Crippen LogP contribution >= 0.6 is 27.7 Å². The predicted molar refractivity (Wildman–Crippen MR) is 196 cm³/mol. The second-order valence-corrected chi connectivity index (χ2v) is 14.6. The van der Waals surface area contributed by atoms with Crippen molar-refractivity contribution < 1.29 is 43.3 Å². The number of allylic oxidation sites excluding steroid dienone is 1. The van der Waals surface area contributed by atoms with Gasteiger partial charge in [0.15, 0.2) is 0 Å². The zero-order chi connectivity index (χ0) is 37.4. The lowest BCUT2D eigenvalue weighted by atomic mass is 9.98. The van der Waals surface area contributed by atoms with Crippen LogP contribution in [0.4, 0.5) is 4.79 Å². The average molecular weight is 803 g/mol. The van der Waals surface area contributed by atoms with E-state index in [-0.39, 0.29) is 60.2 Å². The van der Waals surface area contributed by atoms with Crippen LogP contribution in [0.3, 0.4) is 0 Å². The van der Waals surface area contributed by atoms with Crippen LogP contribution in [0.5, 0.6) is 0 Å². The maximum atomic E-state index is 14.3. The number of fused-ring (bicyclic) bond motifs is 1. The largest absolute Gasteiger partial charge is 0.477 e. The van der Waals surface area contributed by atoms with E-state index >= 15 is 0 Å². The predicted octanol–water partition coefficient (Wildman–Crippen LogP) is 3.24. The molecule has 4 aliphatic heterocycles. The van der Waals surface area contributed by atoms with Gasteiger partial charge in [0, 0.05) is 37.4 Å². The molecule has 280 valence electrons. The molecule has 0 saturated carbocycles. The number of esters is 1. The fourth-order valence-electron chi connectivity index (χ4n) is 6.80. The number of nitrogens with one attached hydrogen (secondary N) is 2. The molecule has 52 heavy (non-hydrogen) atoms. The van der Waals surface area contributed by atoms with Gasteiger partial charge >= 0.3 is 18.0 Å². The molecule has 3 fully saturated rings. The Morgan fingerprint density at radius 3 is 2.60 bits per heavy atom. The summed E-state index contributed by atoms with van der Waals surface area (Å²) in [5.74, 6) is -2.62. The Labute approximate surface area is 315 Å². The third-order valence-electron chi connectivity index (χ3n) is 9.36. The number of thioether (sulfide) groups is 1. The maximum absolute atomic E-state index is 14.3. The summed E-state index contributed by atoms with van der Waals surface area (Å²) in [6.07, 6.45) is 6.28. The van der Waals surface area contributed by atoms with Gasteiger partial charge in [-0.1, -0.05) is 72.6 Å². The normalized spacial score (nSPS) is 23.4. The molecule has 3 saturated heterocycles. The molecule has 3 N–H and O–H groups in total. The first kappa shape index (κ1) is 39.1. The van der Waals surface area contributed by atoms with Crippen molar-refractivity contribution in [3.05, 3.63) is 71.0 Å². The summed E-state index contributed by atoms with van der Waals surface area (Å²) >= 11 is 4.40. The summed E-state index contributed by atoms with van der Waals surface area (Å²) in [5, 5.41) is 15.4. The van der Waals surface area contributed by atoms with E-state index in [1.165, 1.54) is 22.7 Å². The zero-order valence-electron chi connectivity index (χ0n) is 29.0. The Hall–Kier alpha value is -4.15. The summed E-state index contributed by atoms with van der Waals surface area (Å²) in [7, 11) is 0. The van der Waals surface area contributed by atoms with Crippen LogP contribution in [-0.4, -0.2) is 117 Å².